The van der Waals surface area contributed by atoms with Gasteiger partial charge in [-0.15, -0.1) is 4.98 Å². The molecule has 166 valence electrons. The highest BCUT2D eigenvalue weighted by molar-refractivity contribution is 5.35. The van der Waals surface area contributed by atoms with E-state index in [1.165, 1.54) is 32.1 Å². The predicted molar refractivity (Wildman–Crippen MR) is 118 cm³/mol. The molecule has 0 radical (unpaired) electrons. The van der Waals surface area contributed by atoms with Gasteiger partial charge in [0, 0.05) is 23.7 Å². The first-order valence-corrected chi connectivity index (χ1v) is 11.1. The average molecular weight is 408 g/mol. The summed E-state index contributed by atoms with van der Waals surface area (Å²) >= 11 is 0. The quantitative estimate of drug-likeness (QED) is 0.546. The number of aromatic nitrogens is 3. The second-order valence-electron chi connectivity index (χ2n) is 9.52. The number of hydrogen-bond donors (Lipinski definition) is 1. The summed E-state index contributed by atoms with van der Waals surface area (Å²) in [7, 11) is 3.15. The van der Waals surface area contributed by atoms with Gasteiger partial charge in [-0.1, -0.05) is 39.0 Å². The molecule has 2 rings (SSSR count). The lowest BCUT2D eigenvalue weighted by Gasteiger charge is -2.49. The molecular weight excluding hydrogens is 366 g/mol. The Balaban J connectivity index is 2.23. The molecule has 7 heteroatoms. The lowest BCUT2D eigenvalue weighted by molar-refractivity contribution is 0.157. The molecule has 29 heavy (non-hydrogen) atoms. The van der Waals surface area contributed by atoms with Gasteiger partial charge in [-0.25, -0.2) is 0 Å². The smallest absolute Gasteiger partial charge is 0.324 e. The molecule has 0 saturated carbocycles. The average Bonchev–Trinajstić information content (AvgIpc) is 2.64. The van der Waals surface area contributed by atoms with Gasteiger partial charge >= 0.3 is 12.0 Å². The molecule has 1 fully saturated rings. The van der Waals surface area contributed by atoms with Crippen molar-refractivity contribution in [3.8, 4) is 12.0 Å². The van der Waals surface area contributed by atoms with E-state index in [0.29, 0.717) is 24.0 Å². The summed E-state index contributed by atoms with van der Waals surface area (Å²) in [6.07, 6.45) is 9.62. The Morgan fingerprint density at radius 1 is 0.862 bits per heavy atom. The monoisotopic (exact) mass is 407 g/mol. The van der Waals surface area contributed by atoms with E-state index in [0.717, 1.165) is 25.8 Å². The maximum atomic E-state index is 5.31. The van der Waals surface area contributed by atoms with Gasteiger partial charge in [-0.3, -0.25) is 0 Å². The molecule has 1 aliphatic heterocycles. The molecule has 1 aromatic rings. The van der Waals surface area contributed by atoms with Crippen molar-refractivity contribution in [3.05, 3.63) is 0 Å². The van der Waals surface area contributed by atoms with Crippen molar-refractivity contribution in [2.45, 2.75) is 103 Å². The second kappa shape index (κ2) is 10.4. The highest BCUT2D eigenvalue weighted by Gasteiger charge is 2.40. The highest BCUT2D eigenvalue weighted by Crippen LogP contribution is 2.33. The molecule has 1 saturated heterocycles. The summed E-state index contributed by atoms with van der Waals surface area (Å²) in [6.45, 7) is 12.3. The first-order valence-electron chi connectivity index (χ1n) is 11.1. The molecule has 0 bridgehead atoms. The van der Waals surface area contributed by atoms with Crippen LogP contribution in [0.2, 0.25) is 0 Å². The summed E-state index contributed by atoms with van der Waals surface area (Å²) in [5.41, 5.74) is 0.0972. The summed E-state index contributed by atoms with van der Waals surface area (Å²) in [5.74, 6) is 0.653. The van der Waals surface area contributed by atoms with Crippen LogP contribution in [0.15, 0.2) is 0 Å². The normalized spacial score (nSPS) is 18.4. The predicted octanol–water partition coefficient (Wildman–Crippen LogP) is 4.36. The van der Waals surface area contributed by atoms with Gasteiger partial charge in [0.15, 0.2) is 0 Å². The number of ether oxygens (including phenoxy) is 2. The zero-order chi connectivity index (χ0) is 21.5. The van der Waals surface area contributed by atoms with Crippen LogP contribution >= 0.6 is 0 Å². The van der Waals surface area contributed by atoms with Gasteiger partial charge in [-0.2, -0.15) is 9.97 Å². The SMILES string of the molecule is CCCCCCCCN(c1nc(OC)nc(OC)n1)C1CC(C)(C)NC(C)(C)C1. The minimum atomic E-state index is 0.0486. The molecule has 0 amide bonds. The zero-order valence-corrected chi connectivity index (χ0v) is 19.5. The third-order valence-corrected chi connectivity index (χ3v) is 5.57. The summed E-state index contributed by atoms with van der Waals surface area (Å²) in [4.78, 5) is 15.7. The molecule has 7 nitrogen and oxygen atoms in total. The maximum Gasteiger partial charge on any atom is 0.324 e. The van der Waals surface area contributed by atoms with Gasteiger partial charge in [0.1, 0.15) is 0 Å². The molecule has 0 aliphatic carbocycles. The van der Waals surface area contributed by atoms with Crippen molar-refractivity contribution in [1.82, 2.24) is 20.3 Å². The molecular formula is C22H41N5O2. The largest absolute Gasteiger partial charge is 0.467 e. The van der Waals surface area contributed by atoms with E-state index in [9.17, 15) is 0 Å². The Kier molecular flexibility index (Phi) is 8.49. The van der Waals surface area contributed by atoms with Crippen LogP contribution in [-0.2, 0) is 0 Å². The Labute approximate surface area is 177 Å². The van der Waals surface area contributed by atoms with Gasteiger partial charge in [0.25, 0.3) is 0 Å². The fraction of sp³-hybridized carbons (Fsp3) is 0.864. The van der Waals surface area contributed by atoms with Crippen LogP contribution in [0.3, 0.4) is 0 Å². The van der Waals surface area contributed by atoms with Gasteiger partial charge < -0.3 is 19.7 Å². The molecule has 0 spiro atoms. The lowest BCUT2D eigenvalue weighted by atomic mass is 9.79. The van der Waals surface area contributed by atoms with Crippen molar-refractivity contribution in [2.24, 2.45) is 0 Å². The summed E-state index contributed by atoms with van der Waals surface area (Å²) < 4.78 is 10.6. The van der Waals surface area contributed by atoms with Crippen molar-refractivity contribution in [1.29, 1.82) is 0 Å². The number of anilines is 1. The first-order chi connectivity index (χ1) is 13.7. The van der Waals surface area contributed by atoms with Crippen molar-refractivity contribution < 1.29 is 9.47 Å². The van der Waals surface area contributed by atoms with Crippen molar-refractivity contribution >= 4 is 5.95 Å². The Morgan fingerprint density at radius 3 is 1.90 bits per heavy atom. The van der Waals surface area contributed by atoms with E-state index < -0.39 is 0 Å². The van der Waals surface area contributed by atoms with Crippen LogP contribution in [0.1, 0.15) is 86.0 Å². The number of hydrogen-bond acceptors (Lipinski definition) is 7. The van der Waals surface area contributed by atoms with Crippen LogP contribution < -0.4 is 19.7 Å². The second-order valence-corrected chi connectivity index (χ2v) is 9.52. The fourth-order valence-corrected chi connectivity index (χ4v) is 4.64. The van der Waals surface area contributed by atoms with E-state index in [2.05, 4.69) is 59.8 Å². The van der Waals surface area contributed by atoms with E-state index in [4.69, 9.17) is 9.47 Å². The summed E-state index contributed by atoms with van der Waals surface area (Å²) in [5, 5.41) is 3.77. The third-order valence-electron chi connectivity index (χ3n) is 5.57. The highest BCUT2D eigenvalue weighted by atomic mass is 16.5. The third kappa shape index (κ3) is 7.28. The minimum absolute atomic E-state index is 0.0486. The van der Waals surface area contributed by atoms with Crippen LogP contribution in [-0.4, -0.2) is 52.8 Å². The molecule has 2 heterocycles. The van der Waals surface area contributed by atoms with E-state index in [1.54, 1.807) is 14.2 Å². The standard InChI is InChI=1S/C22H41N5O2/c1-8-9-10-11-12-13-14-27(17-15-21(2,3)26-22(4,5)16-17)18-23-19(28-6)25-20(24-18)29-7/h17,26H,8-16H2,1-7H3. The molecule has 1 aromatic heterocycles. The fourth-order valence-electron chi connectivity index (χ4n) is 4.64. The topological polar surface area (TPSA) is 72.4 Å². The van der Waals surface area contributed by atoms with Gasteiger partial charge in [0.2, 0.25) is 5.95 Å². The van der Waals surface area contributed by atoms with Crippen molar-refractivity contribution in [2.75, 3.05) is 25.7 Å². The minimum Gasteiger partial charge on any atom is -0.467 e. The maximum absolute atomic E-state index is 5.31. The lowest BCUT2D eigenvalue weighted by Crippen LogP contribution is -2.62. The van der Waals surface area contributed by atoms with Crippen molar-refractivity contribution in [3.63, 3.8) is 0 Å². The van der Waals surface area contributed by atoms with Crippen LogP contribution in [0.5, 0.6) is 12.0 Å². The molecule has 1 N–H and O–H groups in total. The number of nitrogens with zero attached hydrogens (tertiary/aromatic N) is 4. The Morgan fingerprint density at radius 2 is 1.38 bits per heavy atom. The molecule has 0 unspecified atom stereocenters. The van der Waals surface area contributed by atoms with Gasteiger partial charge in [0.05, 0.1) is 14.2 Å². The molecule has 0 atom stereocenters. The zero-order valence-electron chi connectivity index (χ0n) is 19.5. The van der Waals surface area contributed by atoms with E-state index in [-0.39, 0.29) is 11.1 Å². The van der Waals surface area contributed by atoms with Crippen LogP contribution in [0.25, 0.3) is 0 Å². The van der Waals surface area contributed by atoms with Gasteiger partial charge in [-0.05, 0) is 47.0 Å². The Hall–Kier alpha value is -1.63. The molecule has 0 aromatic carbocycles. The number of methoxy groups -OCH3 is 2. The first kappa shape index (κ1) is 23.6. The van der Waals surface area contributed by atoms with Crippen LogP contribution in [0, 0.1) is 0 Å². The number of piperidine rings is 1. The van der Waals surface area contributed by atoms with E-state index >= 15 is 0 Å². The van der Waals surface area contributed by atoms with Crippen LogP contribution in [0.4, 0.5) is 5.95 Å². The Bertz CT molecular complexity index is 597. The van der Waals surface area contributed by atoms with E-state index in [1.807, 2.05) is 0 Å². The number of unbranched alkanes of at least 4 members (excludes halogenated alkanes) is 5. The number of nitrogens with one attached hydrogen (secondary N) is 1. The summed E-state index contributed by atoms with van der Waals surface area (Å²) in [6, 6.07) is 0.938. The number of rotatable bonds is 11. The molecule has 1 aliphatic rings.